The van der Waals surface area contributed by atoms with E-state index in [2.05, 4.69) is 0 Å². The number of hydrogen-bond acceptors (Lipinski definition) is 4. The Kier molecular flexibility index (Phi) is 5.72. The molecule has 112 valence electrons. The summed E-state index contributed by atoms with van der Waals surface area (Å²) < 4.78 is 16.0. The zero-order valence-electron chi connectivity index (χ0n) is 11.7. The summed E-state index contributed by atoms with van der Waals surface area (Å²) in [7, 11) is 1.60. The first-order valence-corrected chi connectivity index (χ1v) is 6.88. The number of hydrogen-bond donors (Lipinski definition) is 1. The number of rotatable bonds is 7. The lowest BCUT2D eigenvalue weighted by molar-refractivity contribution is 0.0626. The highest BCUT2D eigenvalue weighted by molar-refractivity contribution is 6.30. The normalized spacial score (nSPS) is 11.8. The van der Waals surface area contributed by atoms with E-state index in [9.17, 15) is 5.11 Å². The number of aliphatic hydroxyl groups is 1. The lowest BCUT2D eigenvalue weighted by atomic mass is 10.3. The SMILES string of the molecule is COc1ccc(OC[C@@H](O)COc2ccc(Cl)cc2)cc1. The van der Waals surface area contributed by atoms with Crippen molar-refractivity contribution in [2.24, 2.45) is 0 Å². The topological polar surface area (TPSA) is 47.9 Å². The van der Waals surface area contributed by atoms with E-state index in [1.54, 1.807) is 55.6 Å². The van der Waals surface area contributed by atoms with Crippen LogP contribution in [0.1, 0.15) is 0 Å². The average Bonchev–Trinajstić information content (AvgIpc) is 2.53. The van der Waals surface area contributed by atoms with E-state index in [-0.39, 0.29) is 13.2 Å². The van der Waals surface area contributed by atoms with Gasteiger partial charge in [0.1, 0.15) is 36.6 Å². The van der Waals surface area contributed by atoms with Crippen molar-refractivity contribution in [3.8, 4) is 17.2 Å². The number of aliphatic hydroxyl groups excluding tert-OH is 1. The monoisotopic (exact) mass is 308 g/mol. The molecule has 4 nitrogen and oxygen atoms in total. The van der Waals surface area contributed by atoms with Crippen LogP contribution in [0.5, 0.6) is 17.2 Å². The molecule has 2 rings (SSSR count). The fraction of sp³-hybridized carbons (Fsp3) is 0.250. The summed E-state index contributed by atoms with van der Waals surface area (Å²) >= 11 is 5.78. The third kappa shape index (κ3) is 5.17. The summed E-state index contributed by atoms with van der Waals surface area (Å²) in [5.41, 5.74) is 0. The Hall–Kier alpha value is -1.91. The van der Waals surface area contributed by atoms with E-state index < -0.39 is 6.10 Å². The summed E-state index contributed by atoms with van der Waals surface area (Å²) in [5.74, 6) is 2.08. The minimum atomic E-state index is -0.720. The van der Waals surface area contributed by atoms with Crippen molar-refractivity contribution in [3.63, 3.8) is 0 Å². The van der Waals surface area contributed by atoms with Crippen molar-refractivity contribution in [2.75, 3.05) is 20.3 Å². The van der Waals surface area contributed by atoms with Crippen LogP contribution in [0.25, 0.3) is 0 Å². The number of benzene rings is 2. The maximum atomic E-state index is 9.83. The van der Waals surface area contributed by atoms with Gasteiger partial charge in [0, 0.05) is 5.02 Å². The van der Waals surface area contributed by atoms with Gasteiger partial charge in [-0.15, -0.1) is 0 Å². The molecule has 0 radical (unpaired) electrons. The van der Waals surface area contributed by atoms with E-state index in [0.29, 0.717) is 16.5 Å². The molecule has 21 heavy (non-hydrogen) atoms. The van der Waals surface area contributed by atoms with Crippen LogP contribution in [0.2, 0.25) is 5.02 Å². The maximum Gasteiger partial charge on any atom is 0.122 e. The van der Waals surface area contributed by atoms with E-state index in [1.807, 2.05) is 0 Å². The molecule has 0 aliphatic heterocycles. The maximum absolute atomic E-state index is 9.83. The van der Waals surface area contributed by atoms with E-state index >= 15 is 0 Å². The molecule has 2 aromatic carbocycles. The largest absolute Gasteiger partial charge is 0.497 e. The molecule has 0 aromatic heterocycles. The Morgan fingerprint density at radius 3 is 1.76 bits per heavy atom. The molecule has 1 atom stereocenters. The second-order valence-corrected chi connectivity index (χ2v) is 4.84. The van der Waals surface area contributed by atoms with Crippen LogP contribution in [0.4, 0.5) is 0 Å². The van der Waals surface area contributed by atoms with Gasteiger partial charge < -0.3 is 19.3 Å². The van der Waals surface area contributed by atoms with E-state index in [4.69, 9.17) is 25.8 Å². The van der Waals surface area contributed by atoms with Crippen LogP contribution in [-0.2, 0) is 0 Å². The van der Waals surface area contributed by atoms with Gasteiger partial charge in [0.25, 0.3) is 0 Å². The first kappa shape index (κ1) is 15.5. The van der Waals surface area contributed by atoms with Gasteiger partial charge in [-0.2, -0.15) is 0 Å². The quantitative estimate of drug-likeness (QED) is 0.853. The van der Waals surface area contributed by atoms with Crippen LogP contribution in [-0.4, -0.2) is 31.5 Å². The summed E-state index contributed by atoms with van der Waals surface area (Å²) in [4.78, 5) is 0. The molecule has 0 amide bonds. The van der Waals surface area contributed by atoms with Crippen LogP contribution >= 0.6 is 11.6 Å². The van der Waals surface area contributed by atoms with Gasteiger partial charge >= 0.3 is 0 Å². The molecular weight excluding hydrogens is 292 g/mol. The molecule has 0 aliphatic carbocycles. The van der Waals surface area contributed by atoms with Gasteiger partial charge in [-0.25, -0.2) is 0 Å². The van der Waals surface area contributed by atoms with Crippen LogP contribution in [0.3, 0.4) is 0 Å². The third-order valence-corrected chi connectivity index (χ3v) is 3.01. The standard InChI is InChI=1S/C16H17ClO4/c1-19-14-6-8-16(9-7-14)21-11-13(18)10-20-15-4-2-12(17)3-5-15/h2-9,13,18H,10-11H2,1H3/t13-/m0/s1. The number of halogens is 1. The van der Waals surface area contributed by atoms with Gasteiger partial charge in [0.2, 0.25) is 0 Å². The zero-order valence-corrected chi connectivity index (χ0v) is 12.4. The number of methoxy groups -OCH3 is 1. The molecular formula is C16H17ClO4. The third-order valence-electron chi connectivity index (χ3n) is 2.76. The van der Waals surface area contributed by atoms with Gasteiger partial charge in [-0.05, 0) is 48.5 Å². The lowest BCUT2D eigenvalue weighted by Crippen LogP contribution is -2.25. The van der Waals surface area contributed by atoms with Crippen molar-refractivity contribution in [2.45, 2.75) is 6.10 Å². The summed E-state index contributed by atoms with van der Waals surface area (Å²) in [5, 5.41) is 10.5. The average molecular weight is 309 g/mol. The zero-order chi connectivity index (χ0) is 15.1. The summed E-state index contributed by atoms with van der Waals surface area (Å²) in [6.07, 6.45) is -0.720. The van der Waals surface area contributed by atoms with Crippen molar-refractivity contribution in [3.05, 3.63) is 53.6 Å². The molecule has 0 heterocycles. The Balaban J connectivity index is 1.73. The molecule has 0 bridgehead atoms. The second-order valence-electron chi connectivity index (χ2n) is 4.41. The van der Waals surface area contributed by atoms with Crippen molar-refractivity contribution in [1.29, 1.82) is 0 Å². The highest BCUT2D eigenvalue weighted by atomic mass is 35.5. The molecule has 5 heteroatoms. The highest BCUT2D eigenvalue weighted by Crippen LogP contribution is 2.18. The van der Waals surface area contributed by atoms with Gasteiger partial charge in [0.15, 0.2) is 0 Å². The van der Waals surface area contributed by atoms with Gasteiger partial charge in [-0.1, -0.05) is 11.6 Å². The summed E-state index contributed by atoms with van der Waals surface area (Å²) in [6, 6.07) is 14.1. The highest BCUT2D eigenvalue weighted by Gasteiger charge is 2.07. The number of ether oxygens (including phenoxy) is 3. The fourth-order valence-electron chi connectivity index (χ4n) is 1.64. The Labute approximate surface area is 128 Å². The van der Waals surface area contributed by atoms with Crippen molar-refractivity contribution >= 4 is 11.6 Å². The molecule has 0 saturated carbocycles. The minimum Gasteiger partial charge on any atom is -0.497 e. The molecule has 0 saturated heterocycles. The first-order chi connectivity index (χ1) is 10.2. The van der Waals surface area contributed by atoms with Crippen LogP contribution in [0.15, 0.2) is 48.5 Å². The lowest BCUT2D eigenvalue weighted by Gasteiger charge is -2.13. The Morgan fingerprint density at radius 1 is 0.857 bits per heavy atom. The first-order valence-electron chi connectivity index (χ1n) is 6.50. The molecule has 1 N–H and O–H groups in total. The fourth-order valence-corrected chi connectivity index (χ4v) is 1.76. The van der Waals surface area contributed by atoms with E-state index in [0.717, 1.165) is 5.75 Å². The van der Waals surface area contributed by atoms with Crippen molar-refractivity contribution < 1.29 is 19.3 Å². The molecule has 0 aliphatic rings. The van der Waals surface area contributed by atoms with Gasteiger partial charge in [-0.3, -0.25) is 0 Å². The minimum absolute atomic E-state index is 0.151. The molecule has 0 unspecified atom stereocenters. The van der Waals surface area contributed by atoms with Crippen molar-refractivity contribution in [1.82, 2.24) is 0 Å². The Morgan fingerprint density at radius 2 is 1.29 bits per heavy atom. The Bertz CT molecular complexity index is 539. The predicted molar refractivity (Wildman–Crippen MR) is 81.4 cm³/mol. The smallest absolute Gasteiger partial charge is 0.122 e. The molecule has 0 fully saturated rings. The predicted octanol–water partition coefficient (Wildman–Crippen LogP) is 3.17. The summed E-state index contributed by atoms with van der Waals surface area (Å²) in [6.45, 7) is 0.303. The van der Waals surface area contributed by atoms with E-state index in [1.165, 1.54) is 0 Å². The molecule has 2 aromatic rings. The van der Waals surface area contributed by atoms with Gasteiger partial charge in [0.05, 0.1) is 7.11 Å². The molecule has 0 spiro atoms. The van der Waals surface area contributed by atoms with Crippen LogP contribution in [0, 0.1) is 0 Å². The van der Waals surface area contributed by atoms with Crippen LogP contribution < -0.4 is 14.2 Å². The second kappa shape index (κ2) is 7.76.